The van der Waals surface area contributed by atoms with Crippen molar-refractivity contribution in [3.8, 4) is 0 Å². The first-order chi connectivity index (χ1) is 6.57. The second kappa shape index (κ2) is 7.76. The molecule has 1 atom stereocenters. The zero-order chi connectivity index (χ0) is 11.0. The highest BCUT2D eigenvalue weighted by molar-refractivity contribution is 5.80. The lowest BCUT2D eigenvalue weighted by Crippen LogP contribution is -2.36. The summed E-state index contributed by atoms with van der Waals surface area (Å²) >= 11 is 0. The Bertz CT molecular complexity index is 160. The van der Waals surface area contributed by atoms with Crippen LogP contribution >= 0.6 is 0 Å². The summed E-state index contributed by atoms with van der Waals surface area (Å²) in [6.45, 7) is 9.81. The molecule has 0 saturated heterocycles. The molecule has 0 saturated carbocycles. The SMILES string of the molecule is CCNC(=O)C(C)OCCNC(C)C. The molecule has 2 N–H and O–H groups in total. The minimum atomic E-state index is -0.357. The Morgan fingerprint density at radius 3 is 2.50 bits per heavy atom. The Morgan fingerprint density at radius 1 is 1.36 bits per heavy atom. The van der Waals surface area contributed by atoms with Crippen LogP contribution in [-0.4, -0.2) is 37.7 Å². The van der Waals surface area contributed by atoms with Crippen LogP contribution in [0, 0.1) is 0 Å². The van der Waals surface area contributed by atoms with E-state index in [2.05, 4.69) is 24.5 Å². The topological polar surface area (TPSA) is 50.4 Å². The maximum absolute atomic E-state index is 11.2. The number of nitrogens with one attached hydrogen (secondary N) is 2. The van der Waals surface area contributed by atoms with Gasteiger partial charge >= 0.3 is 0 Å². The summed E-state index contributed by atoms with van der Waals surface area (Å²) in [6.07, 6.45) is -0.357. The lowest BCUT2D eigenvalue weighted by molar-refractivity contribution is -0.131. The van der Waals surface area contributed by atoms with E-state index in [-0.39, 0.29) is 12.0 Å². The molecule has 0 aliphatic heterocycles. The number of carbonyl (C=O) groups is 1. The van der Waals surface area contributed by atoms with Crippen molar-refractivity contribution in [3.63, 3.8) is 0 Å². The summed E-state index contributed by atoms with van der Waals surface area (Å²) in [4.78, 5) is 11.2. The van der Waals surface area contributed by atoms with Crippen molar-refractivity contribution in [1.29, 1.82) is 0 Å². The van der Waals surface area contributed by atoms with Gasteiger partial charge in [0.2, 0.25) is 5.91 Å². The second-order valence-electron chi connectivity index (χ2n) is 3.52. The average molecular weight is 202 g/mol. The van der Waals surface area contributed by atoms with Gasteiger partial charge in [0.1, 0.15) is 6.10 Å². The number of hydrogen-bond donors (Lipinski definition) is 2. The molecule has 0 heterocycles. The molecule has 0 rings (SSSR count). The fourth-order valence-electron chi connectivity index (χ4n) is 0.977. The van der Waals surface area contributed by atoms with Gasteiger partial charge < -0.3 is 15.4 Å². The molecule has 4 nitrogen and oxygen atoms in total. The van der Waals surface area contributed by atoms with Crippen molar-refractivity contribution in [3.05, 3.63) is 0 Å². The average Bonchev–Trinajstić information content (AvgIpc) is 2.12. The van der Waals surface area contributed by atoms with E-state index in [1.807, 2.05) is 6.92 Å². The molecule has 0 aliphatic carbocycles. The van der Waals surface area contributed by atoms with Gasteiger partial charge in [-0.2, -0.15) is 0 Å². The van der Waals surface area contributed by atoms with Crippen molar-refractivity contribution in [2.45, 2.75) is 39.8 Å². The zero-order valence-corrected chi connectivity index (χ0v) is 9.59. The molecule has 0 bridgehead atoms. The predicted molar refractivity (Wildman–Crippen MR) is 57.2 cm³/mol. The summed E-state index contributed by atoms with van der Waals surface area (Å²) < 4.78 is 5.33. The van der Waals surface area contributed by atoms with Crippen molar-refractivity contribution in [2.75, 3.05) is 19.7 Å². The molecular formula is C10H22N2O2. The van der Waals surface area contributed by atoms with Gasteiger partial charge in [0, 0.05) is 19.1 Å². The first-order valence-electron chi connectivity index (χ1n) is 5.20. The van der Waals surface area contributed by atoms with E-state index in [0.717, 1.165) is 6.54 Å². The largest absolute Gasteiger partial charge is 0.367 e. The van der Waals surface area contributed by atoms with Crippen LogP contribution in [0.2, 0.25) is 0 Å². The molecule has 0 aromatic rings. The van der Waals surface area contributed by atoms with Crippen molar-refractivity contribution in [2.24, 2.45) is 0 Å². The summed E-state index contributed by atoms with van der Waals surface area (Å²) in [6, 6.07) is 0.457. The number of likely N-dealkylation sites (N-methyl/N-ethyl adjacent to an activating group) is 1. The monoisotopic (exact) mass is 202 g/mol. The fourth-order valence-corrected chi connectivity index (χ4v) is 0.977. The van der Waals surface area contributed by atoms with Gasteiger partial charge in [-0.05, 0) is 13.8 Å². The van der Waals surface area contributed by atoms with Crippen molar-refractivity contribution >= 4 is 5.91 Å². The number of ether oxygens (including phenoxy) is 1. The molecule has 0 aliphatic rings. The van der Waals surface area contributed by atoms with Gasteiger partial charge in [0.05, 0.1) is 6.61 Å². The van der Waals surface area contributed by atoms with E-state index >= 15 is 0 Å². The fraction of sp³-hybridized carbons (Fsp3) is 0.900. The lowest BCUT2D eigenvalue weighted by atomic mass is 10.3. The molecule has 0 fully saturated rings. The van der Waals surface area contributed by atoms with Crippen LogP contribution in [0.25, 0.3) is 0 Å². The van der Waals surface area contributed by atoms with Gasteiger partial charge in [-0.15, -0.1) is 0 Å². The van der Waals surface area contributed by atoms with Gasteiger partial charge in [0.25, 0.3) is 0 Å². The minimum Gasteiger partial charge on any atom is -0.367 e. The first-order valence-corrected chi connectivity index (χ1v) is 5.20. The van der Waals surface area contributed by atoms with Crippen LogP contribution in [0.4, 0.5) is 0 Å². The van der Waals surface area contributed by atoms with Crippen LogP contribution in [0.15, 0.2) is 0 Å². The molecule has 84 valence electrons. The maximum atomic E-state index is 11.2. The molecule has 0 radical (unpaired) electrons. The van der Waals surface area contributed by atoms with Gasteiger partial charge in [-0.1, -0.05) is 13.8 Å². The predicted octanol–water partition coefficient (Wildman–Crippen LogP) is 0.526. The Kier molecular flexibility index (Phi) is 7.42. The van der Waals surface area contributed by atoms with E-state index in [1.165, 1.54) is 0 Å². The standard InChI is InChI=1S/C10H22N2O2/c1-5-11-10(13)9(4)14-7-6-12-8(2)3/h8-9,12H,5-7H2,1-4H3,(H,11,13). The Morgan fingerprint density at radius 2 is 2.00 bits per heavy atom. The molecule has 14 heavy (non-hydrogen) atoms. The van der Waals surface area contributed by atoms with Crippen LogP contribution < -0.4 is 10.6 Å². The number of carbonyl (C=O) groups excluding carboxylic acids is 1. The molecule has 4 heteroatoms. The van der Waals surface area contributed by atoms with Gasteiger partial charge in [-0.25, -0.2) is 0 Å². The smallest absolute Gasteiger partial charge is 0.248 e. The highest BCUT2D eigenvalue weighted by Crippen LogP contribution is 1.89. The lowest BCUT2D eigenvalue weighted by Gasteiger charge is -2.13. The molecule has 1 amide bonds. The minimum absolute atomic E-state index is 0.0444. The third kappa shape index (κ3) is 6.86. The quantitative estimate of drug-likeness (QED) is 0.592. The number of rotatable bonds is 7. The number of hydrogen-bond acceptors (Lipinski definition) is 3. The zero-order valence-electron chi connectivity index (χ0n) is 9.59. The third-order valence-electron chi connectivity index (χ3n) is 1.74. The summed E-state index contributed by atoms with van der Waals surface area (Å²) in [5.74, 6) is -0.0444. The van der Waals surface area contributed by atoms with E-state index in [4.69, 9.17) is 4.74 Å². The molecule has 0 aromatic heterocycles. The Balaban J connectivity index is 3.43. The first kappa shape index (κ1) is 13.4. The molecular weight excluding hydrogens is 180 g/mol. The summed E-state index contributed by atoms with van der Waals surface area (Å²) in [5.41, 5.74) is 0. The highest BCUT2D eigenvalue weighted by atomic mass is 16.5. The third-order valence-corrected chi connectivity index (χ3v) is 1.74. The van der Waals surface area contributed by atoms with E-state index in [1.54, 1.807) is 6.92 Å². The second-order valence-corrected chi connectivity index (χ2v) is 3.52. The Labute approximate surface area is 86.4 Å². The van der Waals surface area contributed by atoms with Crippen LogP contribution in [0.1, 0.15) is 27.7 Å². The highest BCUT2D eigenvalue weighted by Gasteiger charge is 2.10. The van der Waals surface area contributed by atoms with E-state index in [9.17, 15) is 4.79 Å². The molecule has 1 unspecified atom stereocenters. The maximum Gasteiger partial charge on any atom is 0.248 e. The van der Waals surface area contributed by atoms with E-state index in [0.29, 0.717) is 19.2 Å². The van der Waals surface area contributed by atoms with E-state index < -0.39 is 0 Å². The number of amides is 1. The molecule has 0 aromatic carbocycles. The van der Waals surface area contributed by atoms with Crippen LogP contribution in [0.3, 0.4) is 0 Å². The van der Waals surface area contributed by atoms with Crippen molar-refractivity contribution < 1.29 is 9.53 Å². The van der Waals surface area contributed by atoms with Gasteiger partial charge in [-0.3, -0.25) is 4.79 Å². The van der Waals surface area contributed by atoms with Gasteiger partial charge in [0.15, 0.2) is 0 Å². The van der Waals surface area contributed by atoms with Crippen molar-refractivity contribution in [1.82, 2.24) is 10.6 Å². The molecule has 0 spiro atoms. The van der Waals surface area contributed by atoms with Crippen LogP contribution in [0.5, 0.6) is 0 Å². The Hall–Kier alpha value is -0.610. The summed E-state index contributed by atoms with van der Waals surface area (Å²) in [7, 11) is 0. The normalized spacial score (nSPS) is 12.9. The van der Waals surface area contributed by atoms with Crippen LogP contribution in [-0.2, 0) is 9.53 Å². The summed E-state index contributed by atoms with van der Waals surface area (Å²) in [5, 5.41) is 5.93.